The molecule has 1 aliphatic rings. The van der Waals surface area contributed by atoms with E-state index in [0.717, 1.165) is 18.5 Å². The number of rotatable bonds is 8. The molecule has 26 heavy (non-hydrogen) atoms. The van der Waals surface area contributed by atoms with Gasteiger partial charge in [0.25, 0.3) is 10.0 Å². The summed E-state index contributed by atoms with van der Waals surface area (Å²) in [5.74, 6) is 0.109. The van der Waals surface area contributed by atoms with Crippen molar-refractivity contribution in [3.63, 3.8) is 0 Å². The van der Waals surface area contributed by atoms with Gasteiger partial charge in [-0.15, -0.1) is 0 Å². The zero-order valence-electron chi connectivity index (χ0n) is 15.2. The molecule has 0 amide bonds. The Kier molecular flexibility index (Phi) is 6.08. The van der Waals surface area contributed by atoms with Crippen LogP contribution in [0.3, 0.4) is 0 Å². The number of nitrogens with zero attached hydrogens (tertiary/aromatic N) is 3. The number of benzene rings is 1. The van der Waals surface area contributed by atoms with Crippen molar-refractivity contribution in [3.05, 3.63) is 48.4 Å². The van der Waals surface area contributed by atoms with E-state index in [0.29, 0.717) is 19.7 Å². The van der Waals surface area contributed by atoms with Crippen molar-refractivity contribution in [3.8, 4) is 0 Å². The lowest BCUT2D eigenvalue weighted by molar-refractivity contribution is 0.193. The topological polar surface area (TPSA) is 76.5 Å². The zero-order valence-corrected chi connectivity index (χ0v) is 16.0. The molecule has 1 N–H and O–H groups in total. The molecule has 0 unspecified atom stereocenters. The summed E-state index contributed by atoms with van der Waals surface area (Å²) in [6.45, 7) is 2.36. The van der Waals surface area contributed by atoms with E-state index in [1.165, 1.54) is 6.33 Å². The van der Waals surface area contributed by atoms with Gasteiger partial charge in [0.2, 0.25) is 0 Å². The Bertz CT molecular complexity index is 807. The number of nitrogens with one attached hydrogen (secondary N) is 1. The van der Waals surface area contributed by atoms with Crippen molar-refractivity contribution in [2.75, 3.05) is 33.4 Å². The maximum absolute atomic E-state index is 12.9. The lowest BCUT2D eigenvalue weighted by Gasteiger charge is -2.20. The van der Waals surface area contributed by atoms with Gasteiger partial charge >= 0.3 is 0 Å². The lowest BCUT2D eigenvalue weighted by Crippen LogP contribution is -2.37. The number of hydrogen-bond acceptors (Lipinski definition) is 5. The fourth-order valence-electron chi connectivity index (χ4n) is 3.37. The molecule has 1 fully saturated rings. The maximum atomic E-state index is 12.9. The van der Waals surface area contributed by atoms with E-state index >= 15 is 0 Å². The minimum atomic E-state index is -3.59. The Labute approximate surface area is 155 Å². The van der Waals surface area contributed by atoms with Crippen LogP contribution in [0.2, 0.25) is 0 Å². The highest BCUT2D eigenvalue weighted by Gasteiger charge is 2.40. The van der Waals surface area contributed by atoms with Crippen LogP contribution in [-0.2, 0) is 21.8 Å². The van der Waals surface area contributed by atoms with Gasteiger partial charge in [-0.25, -0.2) is 13.4 Å². The molecule has 2 atom stereocenters. The van der Waals surface area contributed by atoms with Crippen LogP contribution >= 0.6 is 0 Å². The van der Waals surface area contributed by atoms with Gasteiger partial charge in [0.15, 0.2) is 5.03 Å². The Hall–Kier alpha value is -1.74. The van der Waals surface area contributed by atoms with E-state index in [1.807, 2.05) is 18.2 Å². The molecule has 0 bridgehead atoms. The van der Waals surface area contributed by atoms with Crippen molar-refractivity contribution in [1.29, 1.82) is 0 Å². The van der Waals surface area contributed by atoms with E-state index in [9.17, 15) is 8.42 Å². The zero-order chi connectivity index (χ0) is 18.6. The van der Waals surface area contributed by atoms with Crippen LogP contribution in [0.25, 0.3) is 0 Å². The molecular formula is C18H26N4O3S. The number of sulfonamides is 1. The lowest BCUT2D eigenvalue weighted by atomic mass is 9.94. The molecular weight excluding hydrogens is 352 g/mol. The van der Waals surface area contributed by atoms with E-state index in [1.54, 1.807) is 29.2 Å². The third-order valence-electron chi connectivity index (χ3n) is 4.73. The minimum Gasteiger partial charge on any atom is -0.385 e. The molecule has 0 spiro atoms. The standard InChI is InChI=1S/C18H26N4O3S/c1-21-13-18(20-14-21)26(23,24)22-11-16(15-7-4-3-5-8-15)17(12-22)19-9-6-10-25-2/h3-5,7-8,13-14,16-17,19H,6,9-12H2,1-2H3/t16-,17+/m1/s1. The second-order valence-electron chi connectivity index (χ2n) is 6.62. The van der Waals surface area contributed by atoms with E-state index in [2.05, 4.69) is 22.4 Å². The van der Waals surface area contributed by atoms with Crippen molar-refractivity contribution >= 4 is 10.0 Å². The summed E-state index contributed by atoms with van der Waals surface area (Å²) in [6.07, 6.45) is 3.95. The van der Waals surface area contributed by atoms with Crippen LogP contribution in [0.4, 0.5) is 0 Å². The number of aryl methyl sites for hydroxylation is 1. The SMILES string of the molecule is COCCCN[C@H]1CN(S(=O)(=O)c2cn(C)cn2)C[C@@H]1c1ccccc1. The molecule has 0 radical (unpaired) electrons. The largest absolute Gasteiger partial charge is 0.385 e. The minimum absolute atomic E-state index is 0.0627. The Morgan fingerprint density at radius 3 is 2.69 bits per heavy atom. The first kappa shape index (κ1) is 19.0. The first-order valence-corrected chi connectivity index (χ1v) is 10.2. The predicted octanol–water partition coefficient (Wildman–Crippen LogP) is 1.20. The summed E-state index contributed by atoms with van der Waals surface area (Å²) in [5.41, 5.74) is 1.15. The summed E-state index contributed by atoms with van der Waals surface area (Å²) in [5, 5.41) is 3.62. The van der Waals surface area contributed by atoms with Crippen molar-refractivity contribution in [2.45, 2.75) is 23.4 Å². The molecule has 0 aliphatic carbocycles. The molecule has 142 valence electrons. The van der Waals surface area contributed by atoms with Gasteiger partial charge in [0.05, 0.1) is 6.33 Å². The predicted molar refractivity (Wildman–Crippen MR) is 99.4 cm³/mol. The van der Waals surface area contributed by atoms with Gasteiger partial charge in [-0.2, -0.15) is 4.31 Å². The van der Waals surface area contributed by atoms with Crippen LogP contribution in [0.1, 0.15) is 17.9 Å². The highest BCUT2D eigenvalue weighted by Crippen LogP contribution is 2.31. The van der Waals surface area contributed by atoms with Crippen LogP contribution in [0.15, 0.2) is 47.9 Å². The molecule has 1 aliphatic heterocycles. The molecule has 2 heterocycles. The quantitative estimate of drug-likeness (QED) is 0.699. The number of methoxy groups -OCH3 is 1. The summed E-state index contributed by atoms with van der Waals surface area (Å²) in [6, 6.07) is 10.1. The smallest absolute Gasteiger partial charge is 0.262 e. The average Bonchev–Trinajstić information content (AvgIpc) is 3.27. The number of hydrogen-bond donors (Lipinski definition) is 1. The molecule has 7 nitrogen and oxygen atoms in total. The number of imidazole rings is 1. The molecule has 0 saturated carbocycles. The van der Waals surface area contributed by atoms with Crippen molar-refractivity contribution in [1.82, 2.24) is 19.2 Å². The van der Waals surface area contributed by atoms with E-state index in [-0.39, 0.29) is 17.0 Å². The Balaban J connectivity index is 1.79. The highest BCUT2D eigenvalue weighted by atomic mass is 32.2. The average molecular weight is 378 g/mol. The second kappa shape index (κ2) is 8.30. The van der Waals surface area contributed by atoms with Crippen LogP contribution in [0.5, 0.6) is 0 Å². The van der Waals surface area contributed by atoms with E-state index in [4.69, 9.17) is 4.74 Å². The fourth-order valence-corrected chi connectivity index (χ4v) is 4.83. The van der Waals surface area contributed by atoms with Gasteiger partial charge in [0, 0.05) is 52.0 Å². The summed E-state index contributed by atoms with van der Waals surface area (Å²) in [7, 11) is -0.139. The first-order valence-electron chi connectivity index (χ1n) is 8.77. The Morgan fingerprint density at radius 1 is 1.27 bits per heavy atom. The molecule has 2 aromatic rings. The van der Waals surface area contributed by atoms with Crippen molar-refractivity contribution < 1.29 is 13.2 Å². The van der Waals surface area contributed by atoms with Gasteiger partial charge < -0.3 is 14.6 Å². The maximum Gasteiger partial charge on any atom is 0.262 e. The molecule has 3 rings (SSSR count). The summed E-state index contributed by atoms with van der Waals surface area (Å²) < 4.78 is 34.2. The van der Waals surface area contributed by atoms with Gasteiger partial charge in [0.1, 0.15) is 0 Å². The van der Waals surface area contributed by atoms with Gasteiger partial charge in [-0.05, 0) is 18.5 Å². The van der Waals surface area contributed by atoms with Crippen molar-refractivity contribution in [2.24, 2.45) is 7.05 Å². The third kappa shape index (κ3) is 4.15. The summed E-state index contributed by atoms with van der Waals surface area (Å²) >= 11 is 0. The van der Waals surface area contributed by atoms with Crippen LogP contribution in [0, 0.1) is 0 Å². The molecule has 1 aromatic carbocycles. The number of aromatic nitrogens is 2. The molecule has 1 saturated heterocycles. The fraction of sp³-hybridized carbons (Fsp3) is 0.500. The number of ether oxygens (including phenoxy) is 1. The molecule has 8 heteroatoms. The van der Waals surface area contributed by atoms with Gasteiger partial charge in [-0.1, -0.05) is 30.3 Å². The third-order valence-corrected chi connectivity index (χ3v) is 6.45. The van der Waals surface area contributed by atoms with E-state index < -0.39 is 10.0 Å². The second-order valence-corrected chi connectivity index (χ2v) is 8.51. The van der Waals surface area contributed by atoms with Crippen LogP contribution in [-0.4, -0.2) is 61.7 Å². The first-order chi connectivity index (χ1) is 12.5. The summed E-state index contributed by atoms with van der Waals surface area (Å²) in [4.78, 5) is 4.04. The normalized spacial score (nSPS) is 21.3. The van der Waals surface area contributed by atoms with Crippen LogP contribution < -0.4 is 5.32 Å². The highest BCUT2D eigenvalue weighted by molar-refractivity contribution is 7.89. The molecule has 1 aromatic heterocycles. The van der Waals surface area contributed by atoms with Gasteiger partial charge in [-0.3, -0.25) is 0 Å². The monoisotopic (exact) mass is 378 g/mol. The Morgan fingerprint density at radius 2 is 2.04 bits per heavy atom.